The van der Waals surface area contributed by atoms with Crippen LogP contribution in [0.5, 0.6) is 5.75 Å². The third-order valence-corrected chi connectivity index (χ3v) is 3.51. The molecule has 5 heteroatoms. The second-order valence-electron chi connectivity index (χ2n) is 4.24. The van der Waals surface area contributed by atoms with Crippen LogP contribution in [0.15, 0.2) is 41.1 Å². The van der Waals surface area contributed by atoms with Crippen LogP contribution in [0.4, 0.5) is 0 Å². The zero-order chi connectivity index (χ0) is 14.4. The van der Waals surface area contributed by atoms with E-state index >= 15 is 0 Å². The number of hydrogen-bond donors (Lipinski definition) is 2. The molecule has 0 saturated carbocycles. The second-order valence-corrected chi connectivity index (χ2v) is 5.02. The number of aliphatic hydroxyl groups excluding tert-OH is 1. The predicted octanol–water partition coefficient (Wildman–Crippen LogP) is 2.61. The maximum Gasteiger partial charge on any atom is 0.251 e. The van der Waals surface area contributed by atoms with Crippen molar-refractivity contribution in [2.75, 3.05) is 13.2 Å². The molecule has 0 fully saturated rings. The van der Waals surface area contributed by atoms with Crippen molar-refractivity contribution in [2.24, 2.45) is 0 Å². The molecule has 0 saturated heterocycles. The Morgan fingerprint density at radius 3 is 2.70 bits per heavy atom. The number of carbonyl (C=O) groups is 1. The summed E-state index contributed by atoms with van der Waals surface area (Å²) in [6.07, 6.45) is -0.673. The molecular formula is C15H17NO3S. The highest BCUT2D eigenvalue weighted by Crippen LogP contribution is 2.16. The van der Waals surface area contributed by atoms with E-state index in [1.165, 1.54) is 11.3 Å². The highest BCUT2D eigenvalue weighted by molar-refractivity contribution is 7.07. The minimum Gasteiger partial charge on any atom is -0.494 e. The Labute approximate surface area is 122 Å². The second kappa shape index (κ2) is 7.07. The van der Waals surface area contributed by atoms with Gasteiger partial charge in [0.05, 0.1) is 12.7 Å². The van der Waals surface area contributed by atoms with Crippen LogP contribution < -0.4 is 10.1 Å². The Kier molecular flexibility index (Phi) is 5.15. The van der Waals surface area contributed by atoms with Gasteiger partial charge in [0.2, 0.25) is 0 Å². The van der Waals surface area contributed by atoms with Gasteiger partial charge in [-0.05, 0) is 53.6 Å². The highest BCUT2D eigenvalue weighted by atomic mass is 32.1. The molecule has 0 aliphatic rings. The minimum absolute atomic E-state index is 0.197. The molecule has 1 atom stereocenters. The molecule has 2 rings (SSSR count). The summed E-state index contributed by atoms with van der Waals surface area (Å²) in [6, 6.07) is 8.77. The number of carbonyl (C=O) groups excluding carboxylic acids is 1. The minimum atomic E-state index is -0.673. The lowest BCUT2D eigenvalue weighted by Crippen LogP contribution is -2.28. The molecule has 106 valence electrons. The van der Waals surface area contributed by atoms with Crippen LogP contribution in [0, 0.1) is 0 Å². The van der Waals surface area contributed by atoms with Gasteiger partial charge >= 0.3 is 0 Å². The van der Waals surface area contributed by atoms with E-state index in [4.69, 9.17) is 4.74 Å². The SMILES string of the molecule is CCOc1ccc(C(=O)NCC(O)c2ccsc2)cc1. The molecule has 0 aliphatic carbocycles. The summed E-state index contributed by atoms with van der Waals surface area (Å²) in [5, 5.41) is 16.4. The summed E-state index contributed by atoms with van der Waals surface area (Å²) in [7, 11) is 0. The van der Waals surface area contributed by atoms with E-state index in [0.717, 1.165) is 11.3 Å². The normalized spacial score (nSPS) is 11.9. The summed E-state index contributed by atoms with van der Waals surface area (Å²) in [5.74, 6) is 0.532. The van der Waals surface area contributed by atoms with Crippen LogP contribution in [0.3, 0.4) is 0 Å². The highest BCUT2D eigenvalue weighted by Gasteiger charge is 2.11. The Balaban J connectivity index is 1.88. The maximum atomic E-state index is 11.9. The molecular weight excluding hydrogens is 274 g/mol. The number of ether oxygens (including phenoxy) is 1. The summed E-state index contributed by atoms with van der Waals surface area (Å²) in [5.41, 5.74) is 1.37. The number of thiophene rings is 1. The lowest BCUT2D eigenvalue weighted by atomic mass is 10.1. The van der Waals surface area contributed by atoms with Gasteiger partial charge in [-0.1, -0.05) is 0 Å². The van der Waals surface area contributed by atoms with E-state index in [2.05, 4.69) is 5.32 Å². The van der Waals surface area contributed by atoms with E-state index in [-0.39, 0.29) is 12.5 Å². The Hall–Kier alpha value is -1.85. The van der Waals surface area contributed by atoms with Gasteiger partial charge < -0.3 is 15.2 Å². The number of rotatable bonds is 6. The zero-order valence-electron chi connectivity index (χ0n) is 11.2. The van der Waals surface area contributed by atoms with E-state index in [1.807, 2.05) is 23.8 Å². The smallest absolute Gasteiger partial charge is 0.251 e. The average Bonchev–Trinajstić information content (AvgIpc) is 3.00. The standard InChI is InChI=1S/C15H17NO3S/c1-2-19-13-5-3-11(4-6-13)15(18)16-9-14(17)12-7-8-20-10-12/h3-8,10,14,17H,2,9H2,1H3,(H,16,18). The van der Waals surface area contributed by atoms with E-state index in [9.17, 15) is 9.90 Å². The van der Waals surface area contributed by atoms with E-state index in [1.54, 1.807) is 24.3 Å². The Morgan fingerprint density at radius 2 is 2.10 bits per heavy atom. The lowest BCUT2D eigenvalue weighted by molar-refractivity contribution is 0.0916. The summed E-state index contributed by atoms with van der Waals surface area (Å²) < 4.78 is 5.32. The van der Waals surface area contributed by atoms with Crippen LogP contribution in [-0.2, 0) is 0 Å². The van der Waals surface area contributed by atoms with Crippen LogP contribution in [-0.4, -0.2) is 24.2 Å². The van der Waals surface area contributed by atoms with Gasteiger partial charge in [-0.25, -0.2) is 0 Å². The lowest BCUT2D eigenvalue weighted by Gasteiger charge is -2.11. The van der Waals surface area contributed by atoms with Crippen LogP contribution in [0.2, 0.25) is 0 Å². The molecule has 2 aromatic rings. The van der Waals surface area contributed by atoms with Crippen molar-refractivity contribution >= 4 is 17.2 Å². The predicted molar refractivity (Wildman–Crippen MR) is 79.2 cm³/mol. The molecule has 0 bridgehead atoms. The van der Waals surface area contributed by atoms with Crippen molar-refractivity contribution in [3.05, 3.63) is 52.2 Å². The quantitative estimate of drug-likeness (QED) is 0.860. The van der Waals surface area contributed by atoms with Crippen molar-refractivity contribution in [1.82, 2.24) is 5.32 Å². The van der Waals surface area contributed by atoms with Crippen LogP contribution in [0.25, 0.3) is 0 Å². The third-order valence-electron chi connectivity index (χ3n) is 2.81. The first-order valence-corrected chi connectivity index (χ1v) is 7.36. The van der Waals surface area contributed by atoms with Gasteiger partial charge in [-0.2, -0.15) is 11.3 Å². The van der Waals surface area contributed by atoms with Gasteiger partial charge in [0.25, 0.3) is 5.91 Å². The number of benzene rings is 1. The van der Waals surface area contributed by atoms with Crippen LogP contribution >= 0.6 is 11.3 Å². The average molecular weight is 291 g/mol. The number of nitrogens with one attached hydrogen (secondary N) is 1. The van der Waals surface area contributed by atoms with Gasteiger partial charge in [0.1, 0.15) is 5.75 Å². The fourth-order valence-corrected chi connectivity index (χ4v) is 2.45. The molecule has 2 N–H and O–H groups in total. The van der Waals surface area contributed by atoms with Gasteiger partial charge in [0.15, 0.2) is 0 Å². The van der Waals surface area contributed by atoms with Crippen molar-refractivity contribution in [3.63, 3.8) is 0 Å². The molecule has 20 heavy (non-hydrogen) atoms. The Morgan fingerprint density at radius 1 is 1.35 bits per heavy atom. The molecule has 0 radical (unpaired) electrons. The summed E-state index contributed by atoms with van der Waals surface area (Å²) in [6.45, 7) is 2.70. The number of aliphatic hydroxyl groups is 1. The number of amides is 1. The van der Waals surface area contributed by atoms with Gasteiger partial charge in [-0.3, -0.25) is 4.79 Å². The molecule has 1 aromatic carbocycles. The molecule has 1 heterocycles. The third kappa shape index (κ3) is 3.82. The Bertz CT molecular complexity index is 537. The van der Waals surface area contributed by atoms with Crippen molar-refractivity contribution in [1.29, 1.82) is 0 Å². The van der Waals surface area contributed by atoms with Crippen molar-refractivity contribution in [3.8, 4) is 5.75 Å². The molecule has 1 unspecified atom stereocenters. The van der Waals surface area contributed by atoms with E-state index in [0.29, 0.717) is 12.2 Å². The first kappa shape index (κ1) is 14.6. The largest absolute Gasteiger partial charge is 0.494 e. The molecule has 4 nitrogen and oxygen atoms in total. The monoisotopic (exact) mass is 291 g/mol. The van der Waals surface area contributed by atoms with E-state index < -0.39 is 6.10 Å². The molecule has 1 amide bonds. The van der Waals surface area contributed by atoms with Crippen molar-refractivity contribution < 1.29 is 14.6 Å². The first-order chi connectivity index (χ1) is 9.70. The fourth-order valence-electron chi connectivity index (χ4n) is 1.74. The van der Waals surface area contributed by atoms with Gasteiger partial charge in [0, 0.05) is 12.1 Å². The number of hydrogen-bond acceptors (Lipinski definition) is 4. The maximum absolute atomic E-state index is 11.9. The topological polar surface area (TPSA) is 58.6 Å². The molecule has 0 spiro atoms. The van der Waals surface area contributed by atoms with Crippen molar-refractivity contribution in [2.45, 2.75) is 13.0 Å². The summed E-state index contributed by atoms with van der Waals surface area (Å²) in [4.78, 5) is 11.9. The van der Waals surface area contributed by atoms with Crippen LogP contribution in [0.1, 0.15) is 28.9 Å². The fraction of sp³-hybridized carbons (Fsp3) is 0.267. The van der Waals surface area contributed by atoms with Gasteiger partial charge in [-0.15, -0.1) is 0 Å². The molecule has 1 aromatic heterocycles. The first-order valence-electron chi connectivity index (χ1n) is 6.42. The summed E-state index contributed by atoms with van der Waals surface area (Å²) >= 11 is 1.52. The molecule has 0 aliphatic heterocycles. The zero-order valence-corrected chi connectivity index (χ0v) is 12.0.